The first-order chi connectivity index (χ1) is 25.8. The summed E-state index contributed by atoms with van der Waals surface area (Å²) in [4.78, 5) is 83.3. The van der Waals surface area contributed by atoms with E-state index in [2.05, 4.69) is 21.3 Å². The number of hydrogen-bond donors (Lipinski definition) is 6. The molecule has 6 aliphatic heterocycles. The van der Waals surface area contributed by atoms with Crippen LogP contribution in [0.25, 0.3) is 0 Å². The molecule has 2 unspecified atom stereocenters. The number of hydrogen-bond acceptors (Lipinski definition) is 16. The molecular weight excluding hydrogens is 704 g/mol. The molecule has 0 radical (unpaired) electrons. The molecule has 0 saturated carbocycles. The maximum absolute atomic E-state index is 14.3. The van der Waals surface area contributed by atoms with Gasteiger partial charge in [0.25, 0.3) is 0 Å². The number of piperazine rings is 2. The highest BCUT2D eigenvalue weighted by atomic mass is 16.6. The number of benzene rings is 1. The minimum Gasteiger partial charge on any atom is -0.449 e. The van der Waals surface area contributed by atoms with Crippen molar-refractivity contribution in [2.45, 2.75) is 49.5 Å². The first kappa shape index (κ1) is 34.2. The fourth-order valence-electron chi connectivity index (χ4n) is 9.81. The smallest absolute Gasteiger partial charge is 0.404 e. The standard InChI is InChI=1S/C36H38N8O10/c1-13-23(29(47)21-17(11-53-33(37)49)35(51-3)31-19(41-31)9-43(35)25(21)27(13)45)39-15-5-7-16(8-6-15)40-24-14(2)28(46)26-22(30(24)48)18(12-54-34(38)50)36(52-4)32-20(42-32)10-44(26)36/h5-8,17-20,31-32,39-42H,9-12H2,1-4H3,(H2,37,49)(H2,38,50)/t17-,18-,19+,20+,31+,32+,35?,36?/m0/s1. The number of carbonyl (C=O) groups is 6. The van der Waals surface area contributed by atoms with Crippen LogP contribution in [0.4, 0.5) is 21.0 Å². The normalized spacial score (nSPS) is 34.1. The summed E-state index contributed by atoms with van der Waals surface area (Å²) in [5.41, 5.74) is 10.7. The van der Waals surface area contributed by atoms with E-state index in [1.54, 1.807) is 38.1 Å². The zero-order valence-corrected chi connectivity index (χ0v) is 29.7. The third-order valence-corrected chi connectivity index (χ3v) is 12.3. The van der Waals surface area contributed by atoms with E-state index >= 15 is 0 Å². The van der Waals surface area contributed by atoms with Gasteiger partial charge < -0.3 is 61.5 Å². The van der Waals surface area contributed by atoms with Crippen LogP contribution >= 0.6 is 0 Å². The van der Waals surface area contributed by atoms with Crippen LogP contribution in [0.15, 0.2) is 69.3 Å². The summed E-state index contributed by atoms with van der Waals surface area (Å²) in [7, 11) is 3.01. The van der Waals surface area contributed by atoms with Crippen molar-refractivity contribution in [3.8, 4) is 0 Å². The number of allylic oxidation sites excluding steroid dienone is 4. The SMILES string of the molecule is COC12[C@@H]3N[C@@H]3CN1C1=C(C(=O)C(Nc3ccc(NC4=C(C)C(=O)C5=C(C4=O)[C@H](COC(N)=O)C4(OC)[C@@H]6N[C@@H]6CN54)cc3)=C(C)C1=O)[C@@H]2COC(N)=O. The minimum atomic E-state index is -1.11. The van der Waals surface area contributed by atoms with Gasteiger partial charge in [-0.05, 0) is 38.1 Å². The molecule has 0 bridgehead atoms. The van der Waals surface area contributed by atoms with Crippen molar-refractivity contribution in [3.05, 3.63) is 69.3 Å². The van der Waals surface area contributed by atoms with Gasteiger partial charge in [0.05, 0.1) is 46.7 Å². The Morgan fingerprint density at radius 1 is 0.704 bits per heavy atom. The van der Waals surface area contributed by atoms with E-state index in [0.717, 1.165) is 0 Å². The molecule has 2 aliphatic carbocycles. The van der Waals surface area contributed by atoms with E-state index in [0.29, 0.717) is 24.5 Å². The molecule has 0 spiro atoms. The highest BCUT2D eigenvalue weighted by Crippen LogP contribution is 2.57. The van der Waals surface area contributed by atoms with Gasteiger partial charge in [-0.15, -0.1) is 0 Å². The van der Waals surface area contributed by atoms with Crippen LogP contribution in [0, 0.1) is 11.8 Å². The molecule has 282 valence electrons. The van der Waals surface area contributed by atoms with E-state index in [4.69, 9.17) is 30.4 Å². The van der Waals surface area contributed by atoms with Gasteiger partial charge in [-0.25, -0.2) is 9.59 Å². The van der Waals surface area contributed by atoms with Crippen molar-refractivity contribution in [2.24, 2.45) is 23.3 Å². The molecule has 1 aromatic carbocycles. The fraction of sp³-hybridized carbons (Fsp3) is 0.444. The van der Waals surface area contributed by atoms with Gasteiger partial charge >= 0.3 is 12.2 Å². The van der Waals surface area contributed by atoms with Crippen LogP contribution in [0.1, 0.15) is 13.8 Å². The van der Waals surface area contributed by atoms with Crippen LogP contribution in [-0.2, 0) is 38.1 Å². The average molecular weight is 743 g/mol. The topological polar surface area (TPSA) is 266 Å². The number of nitrogens with zero attached hydrogens (tertiary/aromatic N) is 2. The molecule has 0 aromatic heterocycles. The second-order valence-electron chi connectivity index (χ2n) is 14.7. The molecule has 18 heteroatoms. The average Bonchev–Trinajstić information content (AvgIpc) is 3.98. The number of carbonyl (C=O) groups excluding carboxylic acids is 6. The monoisotopic (exact) mass is 742 g/mol. The summed E-state index contributed by atoms with van der Waals surface area (Å²) >= 11 is 0. The second kappa shape index (κ2) is 11.5. The number of ketones is 4. The quantitative estimate of drug-likeness (QED) is 0.128. The van der Waals surface area contributed by atoms with Crippen molar-refractivity contribution < 1.29 is 47.7 Å². The molecule has 4 saturated heterocycles. The van der Waals surface area contributed by atoms with E-state index in [9.17, 15) is 28.8 Å². The maximum atomic E-state index is 14.3. The lowest BCUT2D eigenvalue weighted by atomic mass is 9.82. The summed E-state index contributed by atoms with van der Waals surface area (Å²) in [5.74, 6) is -3.14. The second-order valence-corrected chi connectivity index (χ2v) is 14.7. The molecular formula is C36H38N8O10. The first-order valence-corrected chi connectivity index (χ1v) is 17.5. The summed E-state index contributed by atoms with van der Waals surface area (Å²) in [6, 6.07) is 6.40. The third-order valence-electron chi connectivity index (χ3n) is 12.3. The Morgan fingerprint density at radius 3 is 1.41 bits per heavy atom. The Bertz CT molecular complexity index is 1990. The van der Waals surface area contributed by atoms with Gasteiger partial charge in [0, 0.05) is 73.1 Å². The largest absolute Gasteiger partial charge is 0.449 e. The number of ether oxygens (including phenoxy) is 4. The van der Waals surface area contributed by atoms with Gasteiger partial charge in [-0.3, -0.25) is 19.2 Å². The maximum Gasteiger partial charge on any atom is 0.404 e. The molecule has 9 rings (SSSR count). The first-order valence-electron chi connectivity index (χ1n) is 17.5. The Kier molecular flexibility index (Phi) is 7.27. The molecule has 18 nitrogen and oxygen atoms in total. The molecule has 2 amide bonds. The summed E-state index contributed by atoms with van der Waals surface area (Å²) in [5, 5.41) is 12.9. The van der Waals surface area contributed by atoms with E-state index in [1.807, 2.05) is 9.80 Å². The van der Waals surface area contributed by atoms with Crippen LogP contribution in [0.5, 0.6) is 0 Å². The Morgan fingerprint density at radius 2 is 1.07 bits per heavy atom. The summed E-state index contributed by atoms with van der Waals surface area (Å²) in [6.07, 6.45) is -2.02. The third kappa shape index (κ3) is 4.35. The van der Waals surface area contributed by atoms with Crippen LogP contribution < -0.4 is 32.7 Å². The van der Waals surface area contributed by atoms with Crippen molar-refractivity contribution in [1.29, 1.82) is 0 Å². The van der Waals surface area contributed by atoms with Gasteiger partial charge in [0.2, 0.25) is 23.1 Å². The molecule has 4 fully saturated rings. The van der Waals surface area contributed by atoms with Gasteiger partial charge in [0.15, 0.2) is 11.4 Å². The number of nitrogens with two attached hydrogens (primary N) is 2. The van der Waals surface area contributed by atoms with Crippen LogP contribution in [0.2, 0.25) is 0 Å². The van der Waals surface area contributed by atoms with E-state index in [-0.39, 0.29) is 94.0 Å². The van der Waals surface area contributed by atoms with Crippen molar-refractivity contribution in [2.75, 3.05) is 51.2 Å². The molecule has 6 heterocycles. The number of amides is 2. The molecule has 54 heavy (non-hydrogen) atoms. The lowest BCUT2D eigenvalue weighted by molar-refractivity contribution is -0.137. The Hall–Kier alpha value is -5.56. The molecule has 1 aromatic rings. The summed E-state index contributed by atoms with van der Waals surface area (Å²) in [6.45, 7) is 3.53. The van der Waals surface area contributed by atoms with Gasteiger partial charge in [-0.2, -0.15) is 0 Å². The number of nitrogens with one attached hydrogen (secondary N) is 4. The lowest BCUT2D eigenvalue weighted by Gasteiger charge is -2.39. The van der Waals surface area contributed by atoms with Crippen LogP contribution in [-0.4, -0.2) is 121 Å². The number of methoxy groups -OCH3 is 2. The number of rotatable bonds is 10. The highest BCUT2D eigenvalue weighted by molar-refractivity contribution is 6.27. The molecule has 8 aliphatic rings. The zero-order valence-electron chi connectivity index (χ0n) is 29.7. The van der Waals surface area contributed by atoms with Crippen molar-refractivity contribution in [1.82, 2.24) is 20.4 Å². The number of fused-ring (bicyclic) bond motifs is 8. The number of Topliss-reactive ketones (excluding diaryl/α,β-unsaturated/α-hetero) is 4. The lowest BCUT2D eigenvalue weighted by Crippen LogP contribution is -2.55. The van der Waals surface area contributed by atoms with Crippen LogP contribution in [0.3, 0.4) is 0 Å². The van der Waals surface area contributed by atoms with E-state index in [1.165, 1.54) is 14.2 Å². The van der Waals surface area contributed by atoms with Crippen molar-refractivity contribution >= 4 is 46.7 Å². The molecule has 8 atom stereocenters. The van der Waals surface area contributed by atoms with Gasteiger partial charge in [-0.1, -0.05) is 0 Å². The Balaban J connectivity index is 0.963. The molecule has 8 N–H and O–H groups in total. The summed E-state index contributed by atoms with van der Waals surface area (Å²) < 4.78 is 22.5. The van der Waals surface area contributed by atoms with Crippen molar-refractivity contribution in [3.63, 3.8) is 0 Å². The zero-order chi connectivity index (χ0) is 38.2. The number of primary amides is 2. The predicted octanol–water partition coefficient (Wildman–Crippen LogP) is -0.682. The van der Waals surface area contributed by atoms with E-state index < -0.39 is 47.0 Å². The Labute approximate surface area is 307 Å². The minimum absolute atomic E-state index is 0.0620. The fourth-order valence-corrected chi connectivity index (χ4v) is 9.81. The predicted molar refractivity (Wildman–Crippen MR) is 186 cm³/mol. The number of anilines is 2. The highest BCUT2D eigenvalue weighted by Gasteiger charge is 2.74. The van der Waals surface area contributed by atoms with Gasteiger partial charge in [0.1, 0.15) is 13.2 Å².